The number of phenolic OH excluding ortho intramolecular Hbond substituents is 4. The van der Waals surface area contributed by atoms with E-state index in [0.29, 0.717) is 0 Å². The Morgan fingerprint density at radius 1 is 1.06 bits per heavy atom. The molecule has 2 rings (SSSR count). The van der Waals surface area contributed by atoms with Crippen molar-refractivity contribution in [3.05, 3.63) is 5.56 Å². The Bertz CT molecular complexity index is 747. The summed E-state index contributed by atoms with van der Waals surface area (Å²) in [5.41, 5.74) is -1.41. The number of phenols is 4. The molecule has 1 unspecified atom stereocenters. The fraction of sp³-hybridized carbons (Fsp3) is 0.200. The van der Waals surface area contributed by atoms with Crippen molar-refractivity contribution >= 4 is 10.9 Å². The van der Waals surface area contributed by atoms with Crippen LogP contribution in [0.5, 0.6) is 28.9 Å². The van der Waals surface area contributed by atoms with E-state index in [1.54, 1.807) is 0 Å². The van der Waals surface area contributed by atoms with Crippen molar-refractivity contribution in [3.63, 3.8) is 0 Å². The average molecular weight is 245 g/mol. The fourth-order valence-electron chi connectivity index (χ4n) is 1.59. The quantitative estimate of drug-likeness (QED) is 0.304. The molecule has 2 aromatic rings. The van der Waals surface area contributed by atoms with E-state index in [4.69, 9.17) is 6.94 Å². The van der Waals surface area contributed by atoms with Gasteiger partial charge in [-0.25, -0.2) is 0 Å². The van der Waals surface area contributed by atoms with Crippen LogP contribution in [-0.4, -0.2) is 37.0 Å². The number of nitrogens with two attached hydrogens (primary N) is 1. The minimum Gasteiger partial charge on any atom is -0.504 e. The van der Waals surface area contributed by atoms with Gasteiger partial charge < -0.3 is 36.2 Å². The molecule has 0 saturated carbocycles. The third-order valence-corrected chi connectivity index (χ3v) is 2.37. The van der Waals surface area contributed by atoms with E-state index in [-0.39, 0.29) is 5.72 Å². The zero-order valence-corrected chi connectivity index (χ0v) is 8.26. The molecular formula is C10H12N2O5. The Labute approximate surface area is 103 Å². The molecule has 0 aliphatic rings. The molecule has 8 N–H and O–H groups in total. The second-order valence-corrected chi connectivity index (χ2v) is 3.31. The fourth-order valence-corrected chi connectivity index (χ4v) is 1.59. The number of aromatic hydroxyl groups is 5. The van der Waals surface area contributed by atoms with Crippen LogP contribution in [0.1, 0.15) is 9.68 Å². The molecule has 1 atom stereocenters. The van der Waals surface area contributed by atoms with Gasteiger partial charge in [-0.05, 0) is 12.9 Å². The third-order valence-electron chi connectivity index (χ3n) is 2.37. The van der Waals surface area contributed by atoms with Crippen LogP contribution in [0.3, 0.4) is 0 Å². The Kier molecular flexibility index (Phi) is 1.38. The molecule has 0 fully saturated rings. The van der Waals surface area contributed by atoms with Crippen LogP contribution < -0.4 is 5.72 Å². The summed E-state index contributed by atoms with van der Waals surface area (Å²) in [6, 6.07) is 0. The first-order chi connectivity index (χ1) is 10.0. The minimum absolute atomic E-state index is 0.389. The van der Waals surface area contributed by atoms with Gasteiger partial charge in [0.05, 0.1) is 10.9 Å². The van der Waals surface area contributed by atoms with E-state index in [9.17, 15) is 25.5 Å². The molecule has 0 aliphatic carbocycles. The van der Waals surface area contributed by atoms with Crippen LogP contribution in [-0.2, 0) is 6.40 Å². The number of fused-ring (bicyclic) bond motifs is 1. The van der Waals surface area contributed by atoms with Crippen molar-refractivity contribution in [3.8, 4) is 28.9 Å². The number of rotatable bonds is 3. The van der Waals surface area contributed by atoms with Gasteiger partial charge in [-0.2, -0.15) is 0 Å². The molecule has 17 heavy (non-hydrogen) atoms. The number of aryl methyl sites for hydroxylation is 1. The molecular weight excluding hydrogens is 228 g/mol. The molecule has 0 saturated heterocycles. The Morgan fingerprint density at radius 2 is 1.71 bits per heavy atom. The van der Waals surface area contributed by atoms with Crippen molar-refractivity contribution < 1.29 is 32.5 Å². The molecule has 1 aromatic carbocycles. The van der Waals surface area contributed by atoms with E-state index in [1.165, 1.54) is 0 Å². The molecule has 1 heterocycles. The highest BCUT2D eigenvalue weighted by molar-refractivity contribution is 5.99. The van der Waals surface area contributed by atoms with Crippen molar-refractivity contribution in [2.45, 2.75) is 6.40 Å². The summed E-state index contributed by atoms with van der Waals surface area (Å²) in [6.07, 6.45) is -2.05. The lowest BCUT2D eigenvalue weighted by Gasteiger charge is -2.06. The number of benzene rings is 1. The van der Waals surface area contributed by atoms with Gasteiger partial charge >= 0.3 is 0 Å². The lowest BCUT2D eigenvalue weighted by atomic mass is 10.1. The van der Waals surface area contributed by atoms with Gasteiger partial charge in [0, 0.05) is 9.68 Å². The average Bonchev–Trinajstić information content (AvgIpc) is 2.79. The van der Waals surface area contributed by atoms with Gasteiger partial charge in [0.2, 0.25) is 11.5 Å². The number of H-pyrrole nitrogens is 1. The Hall–Kier alpha value is -2.28. The van der Waals surface area contributed by atoms with Gasteiger partial charge in [-0.1, -0.05) is 0 Å². The largest absolute Gasteiger partial charge is 0.504 e. The highest BCUT2D eigenvalue weighted by Gasteiger charge is 2.23. The zero-order valence-electron chi connectivity index (χ0n) is 13.3. The number of aromatic amines is 1. The normalized spacial score (nSPS) is 18.3. The Morgan fingerprint density at radius 3 is 2.35 bits per heavy atom. The van der Waals surface area contributed by atoms with Crippen LogP contribution in [0.25, 0.3) is 10.9 Å². The minimum atomic E-state index is -2.89. The molecule has 92 valence electrons. The maximum atomic E-state index is 9.85. The monoisotopic (exact) mass is 245 g/mol. The van der Waals surface area contributed by atoms with E-state index in [1.807, 2.05) is 0 Å². The summed E-state index contributed by atoms with van der Waals surface area (Å²) >= 11 is 0. The summed E-state index contributed by atoms with van der Waals surface area (Å²) in [4.78, 5) is 2.14. The molecule has 0 aliphatic heterocycles. The topological polar surface area (TPSA) is 143 Å². The van der Waals surface area contributed by atoms with Crippen molar-refractivity contribution in [2.24, 2.45) is 5.72 Å². The predicted octanol–water partition coefficient (Wildman–Crippen LogP) is 0.197. The van der Waals surface area contributed by atoms with Gasteiger partial charge in [-0.15, -0.1) is 0 Å². The number of aromatic nitrogens is 1. The van der Waals surface area contributed by atoms with Crippen LogP contribution >= 0.6 is 0 Å². The van der Waals surface area contributed by atoms with Crippen LogP contribution in [0.2, 0.25) is 2.82 Å². The summed E-state index contributed by atoms with van der Waals surface area (Å²) < 4.78 is 36.8. The molecule has 0 radical (unpaired) electrons. The van der Waals surface area contributed by atoms with Crippen LogP contribution in [0, 0.1) is 0 Å². The van der Waals surface area contributed by atoms with E-state index in [2.05, 4.69) is 4.98 Å². The van der Waals surface area contributed by atoms with Crippen molar-refractivity contribution in [2.75, 3.05) is 6.50 Å². The van der Waals surface area contributed by atoms with Crippen LogP contribution in [0.4, 0.5) is 0 Å². The number of hydrogen-bond donors (Lipinski definition) is 7. The molecule has 1 aromatic heterocycles. The van der Waals surface area contributed by atoms with Crippen molar-refractivity contribution in [1.29, 1.82) is 0 Å². The van der Waals surface area contributed by atoms with E-state index in [0.717, 1.165) is 0 Å². The number of hydrogen-bond acceptors (Lipinski definition) is 6. The molecule has 0 spiro atoms. The highest BCUT2D eigenvalue weighted by Crippen LogP contribution is 2.50. The molecule has 7 heteroatoms. The summed E-state index contributed by atoms with van der Waals surface area (Å²) in [6.45, 7) is -2.89. The van der Waals surface area contributed by atoms with Crippen LogP contribution in [0.15, 0.2) is 0 Å². The lowest BCUT2D eigenvalue weighted by molar-refractivity contribution is 0.350. The van der Waals surface area contributed by atoms with E-state index < -0.39 is 58.2 Å². The maximum Gasteiger partial charge on any atom is 0.206 e. The first-order valence-electron chi connectivity index (χ1n) is 6.89. The standard InChI is InChI=1S/C10H12N2O5/c11-2-1-3-4-5(12-10(3)17)7(14)9(16)8(15)6(4)13/h12-17H,1-2,11H2/i1D,2D2/hD2. The second kappa shape index (κ2) is 3.63. The third kappa shape index (κ3) is 1.40. The van der Waals surface area contributed by atoms with Crippen molar-refractivity contribution in [1.82, 2.24) is 4.98 Å². The predicted molar refractivity (Wildman–Crippen MR) is 59.4 cm³/mol. The second-order valence-electron chi connectivity index (χ2n) is 3.31. The lowest BCUT2D eigenvalue weighted by Crippen LogP contribution is -2.02. The van der Waals surface area contributed by atoms with E-state index >= 15 is 0 Å². The highest BCUT2D eigenvalue weighted by atomic mass is 16.3. The van der Waals surface area contributed by atoms with Gasteiger partial charge in [-0.3, -0.25) is 0 Å². The number of nitrogens with one attached hydrogen (secondary N) is 1. The van der Waals surface area contributed by atoms with Gasteiger partial charge in [0.1, 0.15) is 2.82 Å². The first-order valence-corrected chi connectivity index (χ1v) is 4.42. The SMILES string of the molecule is [2H]C(c1c(O)[nH]c2c(O)c(O)c(O)c(O)c12)C([2H])([2H])N([2H])[2H]. The molecule has 7 nitrogen and oxygen atoms in total. The molecule has 0 bridgehead atoms. The molecule has 0 amide bonds. The Balaban J connectivity index is 2.84. The maximum absolute atomic E-state index is 9.85. The van der Waals surface area contributed by atoms with Gasteiger partial charge in [0.25, 0.3) is 0 Å². The summed E-state index contributed by atoms with van der Waals surface area (Å²) in [5, 5.41) is 47.8. The summed E-state index contributed by atoms with van der Waals surface area (Å²) in [5.74, 6) is -4.92. The summed E-state index contributed by atoms with van der Waals surface area (Å²) in [7, 11) is 0. The van der Waals surface area contributed by atoms with Gasteiger partial charge in [0.15, 0.2) is 17.4 Å². The first kappa shape index (κ1) is 6.45. The zero-order chi connectivity index (χ0) is 17.0. The smallest absolute Gasteiger partial charge is 0.206 e.